The van der Waals surface area contributed by atoms with Crippen LogP contribution in [-0.4, -0.2) is 5.97 Å². The van der Waals surface area contributed by atoms with Gasteiger partial charge in [0.05, 0.1) is 5.97 Å². The summed E-state index contributed by atoms with van der Waals surface area (Å²) in [6.07, 6.45) is 0. The molecule has 98 valence electrons. The molecule has 0 heterocycles. The van der Waals surface area contributed by atoms with Gasteiger partial charge in [-0.1, -0.05) is 36.4 Å². The van der Waals surface area contributed by atoms with E-state index in [1.54, 1.807) is 12.1 Å². The molecule has 0 aliphatic rings. The summed E-state index contributed by atoms with van der Waals surface area (Å²) in [5, 5.41) is 10.6. The second-order valence-corrected chi connectivity index (χ2v) is 4.47. The van der Waals surface area contributed by atoms with Crippen LogP contribution in [0.3, 0.4) is 0 Å². The first-order valence-electron chi connectivity index (χ1n) is 6.07. The van der Waals surface area contributed by atoms with Crippen LogP contribution in [0.5, 0.6) is 5.75 Å². The second kappa shape index (κ2) is 5.57. The van der Waals surface area contributed by atoms with Crippen molar-refractivity contribution < 1.29 is 14.6 Å². The number of ether oxygens (including phenoxy) is 1. The lowest BCUT2D eigenvalue weighted by molar-refractivity contribution is -0.255. The summed E-state index contributed by atoms with van der Waals surface area (Å²) >= 11 is 0. The van der Waals surface area contributed by atoms with Crippen molar-refractivity contribution in [2.24, 2.45) is 0 Å². The molecule has 3 nitrogen and oxygen atoms in total. The Balaban J connectivity index is 2.06. The van der Waals surface area contributed by atoms with E-state index in [2.05, 4.69) is 0 Å². The lowest BCUT2D eigenvalue weighted by Crippen LogP contribution is -2.22. The fraction of sp³-hybridized carbons (Fsp3) is 0.188. The fourth-order valence-corrected chi connectivity index (χ4v) is 1.78. The van der Waals surface area contributed by atoms with Crippen LogP contribution < -0.4 is 9.84 Å². The first-order valence-corrected chi connectivity index (χ1v) is 6.07. The molecule has 0 aliphatic carbocycles. The summed E-state index contributed by atoms with van der Waals surface area (Å²) in [5.41, 5.74) is 3.40. The summed E-state index contributed by atoms with van der Waals surface area (Å²) in [6, 6.07) is 12.4. The quantitative estimate of drug-likeness (QED) is 0.842. The van der Waals surface area contributed by atoms with Gasteiger partial charge >= 0.3 is 0 Å². The zero-order valence-corrected chi connectivity index (χ0v) is 11.0. The van der Waals surface area contributed by atoms with E-state index >= 15 is 0 Å². The average Bonchev–Trinajstić information content (AvgIpc) is 2.41. The Morgan fingerprint density at radius 1 is 1.11 bits per heavy atom. The van der Waals surface area contributed by atoms with Crippen LogP contribution in [-0.2, 0) is 6.61 Å². The third-order valence-corrected chi connectivity index (χ3v) is 3.14. The summed E-state index contributed by atoms with van der Waals surface area (Å²) in [5.74, 6) is -0.314. The largest absolute Gasteiger partial charge is 0.545 e. The highest BCUT2D eigenvalue weighted by atomic mass is 16.5. The molecule has 0 spiro atoms. The monoisotopic (exact) mass is 255 g/mol. The molecule has 0 N–H and O–H groups in total. The van der Waals surface area contributed by atoms with Crippen molar-refractivity contribution in [3.8, 4) is 5.75 Å². The van der Waals surface area contributed by atoms with Gasteiger partial charge in [-0.3, -0.25) is 0 Å². The van der Waals surface area contributed by atoms with Crippen molar-refractivity contribution in [2.45, 2.75) is 20.5 Å². The van der Waals surface area contributed by atoms with E-state index in [-0.39, 0.29) is 5.56 Å². The molecule has 2 rings (SSSR count). The van der Waals surface area contributed by atoms with Crippen LogP contribution in [0.2, 0.25) is 0 Å². The van der Waals surface area contributed by atoms with E-state index in [1.165, 1.54) is 17.7 Å². The first kappa shape index (κ1) is 13.1. The molecule has 0 saturated carbocycles. The Morgan fingerprint density at radius 3 is 2.42 bits per heavy atom. The first-order chi connectivity index (χ1) is 9.08. The normalized spacial score (nSPS) is 10.2. The van der Waals surface area contributed by atoms with Gasteiger partial charge in [0, 0.05) is 0 Å². The maximum absolute atomic E-state index is 10.6. The molecule has 0 saturated heterocycles. The summed E-state index contributed by atoms with van der Waals surface area (Å²) in [4.78, 5) is 10.6. The molecule has 19 heavy (non-hydrogen) atoms. The minimum Gasteiger partial charge on any atom is -0.545 e. The van der Waals surface area contributed by atoms with Gasteiger partial charge < -0.3 is 14.6 Å². The van der Waals surface area contributed by atoms with E-state index in [9.17, 15) is 9.90 Å². The fourth-order valence-electron chi connectivity index (χ4n) is 1.78. The molecule has 2 aromatic carbocycles. The van der Waals surface area contributed by atoms with Crippen LogP contribution in [0.1, 0.15) is 27.0 Å². The van der Waals surface area contributed by atoms with Gasteiger partial charge in [-0.2, -0.15) is 0 Å². The minimum absolute atomic E-state index is 0.176. The molecule has 0 aromatic heterocycles. The van der Waals surface area contributed by atoms with Crippen molar-refractivity contribution in [2.75, 3.05) is 0 Å². The molecular formula is C16H15O3-. The third kappa shape index (κ3) is 3.13. The van der Waals surface area contributed by atoms with Gasteiger partial charge in [0.15, 0.2) is 0 Å². The number of rotatable bonds is 4. The number of carbonyl (C=O) groups is 1. The summed E-state index contributed by atoms with van der Waals surface area (Å²) < 4.78 is 5.74. The molecule has 0 amide bonds. The number of carboxylic acids is 1. The number of benzene rings is 2. The number of hydrogen-bond acceptors (Lipinski definition) is 3. The Kier molecular flexibility index (Phi) is 3.85. The van der Waals surface area contributed by atoms with Crippen LogP contribution >= 0.6 is 0 Å². The van der Waals surface area contributed by atoms with E-state index in [0.717, 1.165) is 16.9 Å². The Bertz CT molecular complexity index is 585. The maximum Gasteiger partial charge on any atom is 0.122 e. The molecule has 0 atom stereocenters. The number of aryl methyl sites for hydroxylation is 1. The summed E-state index contributed by atoms with van der Waals surface area (Å²) in [6.45, 7) is 4.47. The van der Waals surface area contributed by atoms with Gasteiger partial charge in [-0.05, 0) is 42.2 Å². The zero-order valence-electron chi connectivity index (χ0n) is 11.0. The van der Waals surface area contributed by atoms with Gasteiger partial charge in [0.1, 0.15) is 12.4 Å². The Morgan fingerprint density at radius 2 is 1.79 bits per heavy atom. The van der Waals surface area contributed by atoms with Crippen molar-refractivity contribution >= 4 is 5.97 Å². The smallest absolute Gasteiger partial charge is 0.122 e. The predicted octanol–water partition coefficient (Wildman–Crippen LogP) is 2.25. The molecule has 2 aromatic rings. The average molecular weight is 255 g/mol. The van der Waals surface area contributed by atoms with E-state index < -0.39 is 5.97 Å². The molecule has 0 radical (unpaired) electrons. The molecule has 0 bridgehead atoms. The predicted molar refractivity (Wildman–Crippen MR) is 71.0 cm³/mol. The third-order valence-electron chi connectivity index (χ3n) is 3.14. The van der Waals surface area contributed by atoms with Gasteiger partial charge in [-0.15, -0.1) is 0 Å². The van der Waals surface area contributed by atoms with Crippen LogP contribution in [0.15, 0.2) is 42.5 Å². The van der Waals surface area contributed by atoms with Crippen molar-refractivity contribution in [1.29, 1.82) is 0 Å². The van der Waals surface area contributed by atoms with E-state index in [1.807, 2.05) is 32.0 Å². The second-order valence-electron chi connectivity index (χ2n) is 4.47. The summed E-state index contributed by atoms with van der Waals surface area (Å²) in [7, 11) is 0. The topological polar surface area (TPSA) is 49.4 Å². The number of aromatic carboxylic acids is 1. The highest BCUT2D eigenvalue weighted by Gasteiger charge is 2.02. The maximum atomic E-state index is 10.6. The molecule has 0 aliphatic heterocycles. The Hall–Kier alpha value is -2.29. The number of carbonyl (C=O) groups excluding carboxylic acids is 1. The molecule has 3 heteroatoms. The van der Waals surface area contributed by atoms with E-state index in [0.29, 0.717) is 6.61 Å². The van der Waals surface area contributed by atoms with Crippen LogP contribution in [0.25, 0.3) is 0 Å². The highest BCUT2D eigenvalue weighted by Crippen LogP contribution is 2.21. The molecule has 0 fully saturated rings. The van der Waals surface area contributed by atoms with Gasteiger partial charge in [0.2, 0.25) is 0 Å². The lowest BCUT2D eigenvalue weighted by atomic mass is 10.1. The lowest BCUT2D eigenvalue weighted by Gasteiger charge is -2.11. The van der Waals surface area contributed by atoms with Gasteiger partial charge in [0.25, 0.3) is 0 Å². The number of hydrogen-bond donors (Lipinski definition) is 0. The Labute approximate surface area is 112 Å². The zero-order chi connectivity index (χ0) is 13.8. The standard InChI is InChI=1S/C16H16O3/c1-11-4-3-5-15(12(11)2)19-10-13-6-8-14(9-7-13)16(17)18/h3-9H,10H2,1-2H3,(H,17,18)/p-1. The SMILES string of the molecule is Cc1cccc(OCc2ccc(C(=O)[O-])cc2)c1C. The minimum atomic E-state index is -1.16. The van der Waals surface area contributed by atoms with Crippen molar-refractivity contribution in [3.05, 3.63) is 64.7 Å². The molecular weight excluding hydrogens is 240 g/mol. The molecule has 0 unspecified atom stereocenters. The van der Waals surface area contributed by atoms with Crippen molar-refractivity contribution in [3.63, 3.8) is 0 Å². The number of carboxylic acid groups (broad SMARTS) is 1. The van der Waals surface area contributed by atoms with E-state index in [4.69, 9.17) is 4.74 Å². The van der Waals surface area contributed by atoms with Crippen LogP contribution in [0.4, 0.5) is 0 Å². The van der Waals surface area contributed by atoms with Crippen molar-refractivity contribution in [1.82, 2.24) is 0 Å². The highest BCUT2D eigenvalue weighted by molar-refractivity contribution is 5.85. The van der Waals surface area contributed by atoms with Crippen LogP contribution in [0, 0.1) is 13.8 Å². The van der Waals surface area contributed by atoms with Gasteiger partial charge in [-0.25, -0.2) is 0 Å².